The molecule has 0 spiro atoms. The number of aromatic amines is 2. The molecule has 2 aromatic heterocycles. The van der Waals surface area contributed by atoms with Crippen LogP contribution in [0, 0.1) is 11.6 Å². The van der Waals surface area contributed by atoms with Gasteiger partial charge in [-0.1, -0.05) is 42.8 Å². The number of thioether (sulfide) groups is 2. The second-order valence-corrected chi connectivity index (χ2v) is 27.5. The minimum atomic E-state index is -1.54. The number of hydrogen-bond donors (Lipinski definition) is 13. The Morgan fingerprint density at radius 1 is 0.714 bits per heavy atom. The molecule has 10 atom stereocenters. The molecule has 3 aliphatic heterocycles. The largest absolute Gasteiger partial charge is 0.508 e. The number of methoxy groups -OCH3 is 1. The van der Waals surface area contributed by atoms with Gasteiger partial charge >= 0.3 is 0 Å². The van der Waals surface area contributed by atoms with Gasteiger partial charge in [-0.3, -0.25) is 48.5 Å². The third-order valence-corrected chi connectivity index (χ3v) is 20.5. The van der Waals surface area contributed by atoms with Gasteiger partial charge < -0.3 is 78.1 Å². The highest BCUT2D eigenvalue weighted by molar-refractivity contribution is 7.98. The zero-order valence-electron chi connectivity index (χ0n) is 55.0. The van der Waals surface area contributed by atoms with Crippen molar-refractivity contribution in [2.45, 2.75) is 156 Å². The number of primary amides is 1. The van der Waals surface area contributed by atoms with Crippen molar-refractivity contribution in [2.24, 2.45) is 11.5 Å². The molecule has 2 fully saturated rings. The molecule has 2 unspecified atom stereocenters. The lowest BCUT2D eigenvalue weighted by molar-refractivity contribution is -0.147. The summed E-state index contributed by atoms with van der Waals surface area (Å²) in [6.07, 6.45) is 2.64. The fourth-order valence-electron chi connectivity index (χ4n) is 12.7. The van der Waals surface area contributed by atoms with Crippen LogP contribution in [-0.2, 0) is 78.7 Å². The molecular formula is C69H87F2N13O12S2. The van der Waals surface area contributed by atoms with Gasteiger partial charge in [-0.05, 0) is 147 Å². The molecule has 0 radical (unpaired) electrons. The van der Waals surface area contributed by atoms with Gasteiger partial charge in [-0.2, -0.15) is 23.5 Å². The standard InChI is InChI=1S/C69H87F2N13O12S2/c1-39(96-3)60-65(92)80-54(28-40-13-17-47(85)18-14-40)67(94)84-25-8-22-69(84,2)68(95)81-56(61(73)88)38-98-37-42-10-6-9-41(27-42)36-97-26-21-58(86)77-52(11-4-5-23-72)62(89)76-35-59(87)78-53(29-43-33-74-50-19-15-45(70)31-48(43)50)63(90)79-55(66(93)83-24-7-12-57(83)64(91)82-60)30-44-34-75-51-20-16-46(71)32-49(44)51/h6,9-10,13-20,27,31-34,39,52-58,60,74-75,77,85-86H,4-5,7-8,11-12,21-26,28-30,35-38,72H2,1-3H3,(H2,73,88)(H,76,89)(H,78,87)(H,79,90)(H,80,92)(H,81,95)(H,82,91)/t39-,52-,53?,54-,55-,56-,57-,58?,60-,69-/m0/s1. The summed E-state index contributed by atoms with van der Waals surface area (Å²) in [6, 6.07) is 12.4. The average Bonchev–Trinajstić information content (AvgIpc) is 1.60. The van der Waals surface area contributed by atoms with Crippen LogP contribution in [0.3, 0.4) is 0 Å². The summed E-state index contributed by atoms with van der Waals surface area (Å²) < 4.78 is 35.5. The van der Waals surface area contributed by atoms with E-state index in [4.69, 9.17) is 16.2 Å². The number of rotatable bonds is 13. The van der Waals surface area contributed by atoms with Crippen molar-refractivity contribution in [3.8, 4) is 5.75 Å². The molecule has 2 bridgehead atoms. The maximum atomic E-state index is 15.4. The predicted molar refractivity (Wildman–Crippen MR) is 367 cm³/mol. The number of phenols is 1. The number of aromatic hydroxyl groups is 1. The van der Waals surface area contributed by atoms with E-state index in [9.17, 15) is 47.8 Å². The first kappa shape index (κ1) is 73.6. The molecule has 0 saturated carbocycles. The molecule has 98 heavy (non-hydrogen) atoms. The van der Waals surface area contributed by atoms with Crippen LogP contribution < -0.4 is 48.7 Å². The molecule has 9 rings (SSSR count). The van der Waals surface area contributed by atoms with Crippen molar-refractivity contribution in [1.82, 2.24) is 57.0 Å². The number of nitrogens with zero attached hydrogens (tertiary/aromatic N) is 2. The van der Waals surface area contributed by atoms with E-state index in [2.05, 4.69) is 47.2 Å². The topological polar surface area (TPSA) is 378 Å². The van der Waals surface area contributed by atoms with Crippen LogP contribution in [0.1, 0.15) is 93.0 Å². The fourth-order valence-corrected chi connectivity index (χ4v) is 14.7. The van der Waals surface area contributed by atoms with Crippen molar-refractivity contribution in [3.05, 3.63) is 137 Å². The molecule has 4 aromatic carbocycles. The number of unbranched alkanes of at least 4 members (excludes halogenated alkanes) is 1. The maximum absolute atomic E-state index is 15.4. The zero-order valence-corrected chi connectivity index (χ0v) is 56.6. The van der Waals surface area contributed by atoms with E-state index in [1.807, 2.05) is 24.3 Å². The van der Waals surface area contributed by atoms with Crippen LogP contribution >= 0.6 is 23.5 Å². The summed E-state index contributed by atoms with van der Waals surface area (Å²) in [4.78, 5) is 140. The number of phenolic OH excluding ortho intramolecular Hbond substituents is 1. The first-order valence-electron chi connectivity index (χ1n) is 32.9. The minimum Gasteiger partial charge on any atom is -0.508 e. The summed E-state index contributed by atoms with van der Waals surface area (Å²) >= 11 is 2.91. The van der Waals surface area contributed by atoms with Crippen molar-refractivity contribution < 1.29 is 66.9 Å². The number of aliphatic hydroxyl groups is 1. The molecule has 25 nitrogen and oxygen atoms in total. The van der Waals surface area contributed by atoms with Crippen LogP contribution in [0.4, 0.5) is 8.78 Å². The second-order valence-electron chi connectivity index (χ2n) is 25.4. The average molecular weight is 1390 g/mol. The Morgan fingerprint density at radius 2 is 1.36 bits per heavy atom. The summed E-state index contributed by atoms with van der Waals surface area (Å²) in [6.45, 7) is 2.86. The number of halogens is 2. The summed E-state index contributed by atoms with van der Waals surface area (Å²) in [5, 5.41) is 41.8. The van der Waals surface area contributed by atoms with Gasteiger partial charge in [0, 0.05) is 90.9 Å². The number of nitrogens with two attached hydrogens (primary N) is 2. The number of benzene rings is 4. The van der Waals surface area contributed by atoms with E-state index in [1.54, 1.807) is 43.2 Å². The summed E-state index contributed by atoms with van der Waals surface area (Å²) in [7, 11) is 1.31. The highest BCUT2D eigenvalue weighted by Crippen LogP contribution is 2.32. The number of aliphatic hydroxyl groups excluding tert-OH is 1. The lowest BCUT2D eigenvalue weighted by Gasteiger charge is -2.37. The molecule has 29 heteroatoms. The van der Waals surface area contributed by atoms with Crippen molar-refractivity contribution in [1.29, 1.82) is 0 Å². The lowest BCUT2D eigenvalue weighted by Crippen LogP contribution is -2.64. The van der Waals surface area contributed by atoms with Crippen molar-refractivity contribution in [2.75, 3.05) is 44.8 Å². The number of ether oxygens (including phenoxy) is 1. The molecule has 3 aliphatic rings. The van der Waals surface area contributed by atoms with E-state index < -0.39 is 132 Å². The Balaban J connectivity index is 1.04. The second kappa shape index (κ2) is 34.2. The number of fused-ring (bicyclic) bond motifs is 6. The van der Waals surface area contributed by atoms with Gasteiger partial charge in [0.25, 0.3) is 0 Å². The predicted octanol–water partition coefficient (Wildman–Crippen LogP) is 3.07. The molecule has 9 amide bonds. The van der Waals surface area contributed by atoms with Crippen LogP contribution in [0.15, 0.2) is 97.3 Å². The summed E-state index contributed by atoms with van der Waals surface area (Å²) in [5.74, 6) is -6.57. The minimum absolute atomic E-state index is 0.0138. The van der Waals surface area contributed by atoms with E-state index in [-0.39, 0.29) is 76.0 Å². The number of aromatic nitrogens is 2. The lowest BCUT2D eigenvalue weighted by atomic mass is 9.95. The number of carbonyl (C=O) groups excluding carboxylic acids is 9. The Kier molecular flexibility index (Phi) is 25.7. The Morgan fingerprint density at radius 3 is 2.01 bits per heavy atom. The molecular weight excluding hydrogens is 1300 g/mol. The van der Waals surface area contributed by atoms with Crippen molar-refractivity contribution >= 4 is 98.5 Å². The van der Waals surface area contributed by atoms with E-state index in [0.29, 0.717) is 81.6 Å². The van der Waals surface area contributed by atoms with Crippen LogP contribution in [0.2, 0.25) is 0 Å². The Bertz CT molecular complexity index is 3840. The molecule has 526 valence electrons. The number of nitrogens with one attached hydrogen (secondary N) is 9. The molecule has 6 aromatic rings. The fraction of sp³-hybridized carbons (Fsp3) is 0.464. The smallest absolute Gasteiger partial charge is 0.246 e. The third-order valence-electron chi connectivity index (χ3n) is 18.3. The van der Waals surface area contributed by atoms with Crippen molar-refractivity contribution in [3.63, 3.8) is 0 Å². The Hall–Kier alpha value is -8.61. The monoisotopic (exact) mass is 1390 g/mol. The molecule has 5 heterocycles. The van der Waals surface area contributed by atoms with Gasteiger partial charge in [0.2, 0.25) is 53.2 Å². The first-order valence-corrected chi connectivity index (χ1v) is 35.2. The van der Waals surface area contributed by atoms with E-state index >= 15 is 14.4 Å². The Labute approximate surface area is 574 Å². The first-order chi connectivity index (χ1) is 47.0. The van der Waals surface area contributed by atoms with Gasteiger partial charge in [0.1, 0.15) is 65.4 Å². The van der Waals surface area contributed by atoms with Gasteiger partial charge in [-0.15, -0.1) is 0 Å². The maximum Gasteiger partial charge on any atom is 0.246 e. The summed E-state index contributed by atoms with van der Waals surface area (Å²) in [5.41, 5.74) is 14.4. The van der Waals surface area contributed by atoms with Crippen LogP contribution in [0.5, 0.6) is 5.75 Å². The number of carbonyl (C=O) groups is 9. The van der Waals surface area contributed by atoms with Crippen LogP contribution in [0.25, 0.3) is 21.8 Å². The molecule has 2 saturated heterocycles. The molecule has 0 aliphatic carbocycles. The third kappa shape index (κ3) is 19.0. The highest BCUT2D eigenvalue weighted by Gasteiger charge is 2.49. The molecule has 15 N–H and O–H groups in total. The number of amides is 9. The SMILES string of the molecule is CO[C@@H](C)[C@@H]1NC(=O)[C@@H]2CCCN2C(=O)[C@H](Cc2c[nH]c3ccc(F)cc23)NC(=O)C(Cc2c[nH]c3ccc(F)cc23)NC(=O)CNC(=O)[C@H](CCCCN)NC(O)CCSCc2cccc(c2)CSC[C@@H](C(N)=O)NC(=O)[C@]2(C)CCCN2C(=O)[C@H](Cc2ccc(O)cc2)NC1=O. The number of hydrogen-bond acceptors (Lipinski definition) is 16. The normalized spacial score (nSPS) is 24.9. The van der Waals surface area contributed by atoms with Gasteiger partial charge in [0.15, 0.2) is 0 Å². The number of H-pyrrole nitrogens is 2. The van der Waals surface area contributed by atoms with Crippen LogP contribution in [-0.4, -0.2) is 188 Å². The van der Waals surface area contributed by atoms with E-state index in [0.717, 1.165) is 11.1 Å². The highest BCUT2D eigenvalue weighted by atomic mass is 32.2. The van der Waals surface area contributed by atoms with Gasteiger partial charge in [-0.25, -0.2) is 8.78 Å². The van der Waals surface area contributed by atoms with Gasteiger partial charge in [0.05, 0.1) is 18.7 Å². The quantitative estimate of drug-likeness (QED) is 0.0739. The van der Waals surface area contributed by atoms with E-state index in [1.165, 1.54) is 84.1 Å². The zero-order chi connectivity index (χ0) is 70.2.